The Bertz CT molecular complexity index is 1710. The largest absolute Gasteiger partial charge is 0.497 e. The molecule has 3 aliphatic rings. The maximum absolute atomic E-state index is 5.63. The monoisotopic (exact) mass is 462 g/mol. The fraction of sp³-hybridized carbons (Fsp3) is 0.143. The third-order valence-electron chi connectivity index (χ3n) is 9.00. The lowest BCUT2D eigenvalue weighted by Gasteiger charge is -2.31. The van der Waals surface area contributed by atoms with E-state index in [0.29, 0.717) is 0 Å². The zero-order valence-corrected chi connectivity index (χ0v) is 20.7. The van der Waals surface area contributed by atoms with E-state index in [9.17, 15) is 0 Å². The molecule has 0 saturated heterocycles. The summed E-state index contributed by atoms with van der Waals surface area (Å²) in [7, 11) is 1.75. The minimum absolute atomic E-state index is 0.0928. The van der Waals surface area contributed by atoms with Crippen molar-refractivity contribution in [3.63, 3.8) is 0 Å². The van der Waals surface area contributed by atoms with Crippen LogP contribution in [0.1, 0.15) is 47.2 Å². The van der Waals surface area contributed by atoms with Crippen molar-refractivity contribution in [3.8, 4) is 39.1 Å². The molecule has 0 aromatic heterocycles. The highest BCUT2D eigenvalue weighted by atomic mass is 16.5. The first kappa shape index (κ1) is 20.1. The SMILES string of the molecule is COc1ccc2c(c1)C(C)(C)c1ccc3c(c1-2)-c1ccccc1C31c2ccccc2-c2ccccc21. The molecule has 1 heteroatoms. The molecule has 0 heterocycles. The Morgan fingerprint density at radius 1 is 0.472 bits per heavy atom. The van der Waals surface area contributed by atoms with Gasteiger partial charge in [-0.2, -0.15) is 0 Å². The van der Waals surface area contributed by atoms with Gasteiger partial charge in [-0.15, -0.1) is 0 Å². The second kappa shape index (κ2) is 6.56. The smallest absolute Gasteiger partial charge is 0.119 e. The van der Waals surface area contributed by atoms with Gasteiger partial charge in [0, 0.05) is 5.41 Å². The molecular weight excluding hydrogens is 436 g/mol. The Labute approximate surface area is 212 Å². The molecular formula is C35H26O. The van der Waals surface area contributed by atoms with Crippen molar-refractivity contribution in [2.24, 2.45) is 0 Å². The molecule has 1 spiro atoms. The molecule has 3 aliphatic carbocycles. The summed E-state index contributed by atoms with van der Waals surface area (Å²) in [6.07, 6.45) is 0. The van der Waals surface area contributed by atoms with Crippen molar-refractivity contribution < 1.29 is 4.74 Å². The molecule has 36 heavy (non-hydrogen) atoms. The fourth-order valence-corrected chi connectivity index (χ4v) is 7.51. The zero-order valence-electron chi connectivity index (χ0n) is 20.7. The number of hydrogen-bond donors (Lipinski definition) is 0. The minimum atomic E-state index is -0.298. The average Bonchev–Trinajstić information content (AvgIpc) is 3.48. The summed E-state index contributed by atoms with van der Waals surface area (Å²) in [5.74, 6) is 0.918. The lowest BCUT2D eigenvalue weighted by molar-refractivity contribution is 0.413. The molecule has 0 bridgehead atoms. The second-order valence-corrected chi connectivity index (χ2v) is 10.8. The molecule has 0 saturated carbocycles. The quantitative estimate of drug-likeness (QED) is 0.238. The van der Waals surface area contributed by atoms with Crippen LogP contribution in [0.25, 0.3) is 33.4 Å². The Hall–Kier alpha value is -4.10. The van der Waals surface area contributed by atoms with E-state index in [2.05, 4.69) is 117 Å². The van der Waals surface area contributed by atoms with Crippen LogP contribution in [0.3, 0.4) is 0 Å². The van der Waals surface area contributed by atoms with Crippen molar-refractivity contribution in [2.75, 3.05) is 7.11 Å². The van der Waals surface area contributed by atoms with E-state index in [1.165, 1.54) is 66.8 Å². The van der Waals surface area contributed by atoms with Gasteiger partial charge in [0.25, 0.3) is 0 Å². The van der Waals surface area contributed by atoms with E-state index < -0.39 is 0 Å². The van der Waals surface area contributed by atoms with Gasteiger partial charge in [-0.3, -0.25) is 0 Å². The summed E-state index contributed by atoms with van der Waals surface area (Å²) in [5, 5.41) is 0. The van der Waals surface area contributed by atoms with E-state index in [4.69, 9.17) is 4.74 Å². The van der Waals surface area contributed by atoms with E-state index in [-0.39, 0.29) is 10.8 Å². The number of rotatable bonds is 1. The molecule has 172 valence electrons. The van der Waals surface area contributed by atoms with Crippen LogP contribution in [0.4, 0.5) is 0 Å². The molecule has 1 nitrogen and oxygen atoms in total. The lowest BCUT2D eigenvalue weighted by Crippen LogP contribution is -2.26. The first-order valence-corrected chi connectivity index (χ1v) is 12.7. The summed E-state index contributed by atoms with van der Waals surface area (Å²) >= 11 is 0. The fourth-order valence-electron chi connectivity index (χ4n) is 7.51. The molecule has 0 amide bonds. The Kier molecular flexibility index (Phi) is 3.67. The second-order valence-electron chi connectivity index (χ2n) is 10.8. The Morgan fingerprint density at radius 3 is 1.61 bits per heavy atom. The third-order valence-corrected chi connectivity index (χ3v) is 9.00. The molecule has 8 rings (SSSR count). The predicted molar refractivity (Wildman–Crippen MR) is 147 cm³/mol. The number of benzene rings is 5. The summed E-state index contributed by atoms with van der Waals surface area (Å²) in [5.41, 5.74) is 16.1. The van der Waals surface area contributed by atoms with Crippen molar-refractivity contribution in [3.05, 3.63) is 137 Å². The zero-order chi connectivity index (χ0) is 24.2. The van der Waals surface area contributed by atoms with Crippen LogP contribution < -0.4 is 4.74 Å². The van der Waals surface area contributed by atoms with Gasteiger partial charge in [-0.25, -0.2) is 0 Å². The van der Waals surface area contributed by atoms with Gasteiger partial charge in [0.2, 0.25) is 0 Å². The van der Waals surface area contributed by atoms with E-state index >= 15 is 0 Å². The lowest BCUT2D eigenvalue weighted by atomic mass is 9.70. The van der Waals surface area contributed by atoms with Crippen LogP contribution in [-0.4, -0.2) is 7.11 Å². The topological polar surface area (TPSA) is 9.23 Å². The molecule has 0 unspecified atom stereocenters. The Balaban J connectivity index is 1.56. The summed E-state index contributed by atoms with van der Waals surface area (Å²) in [6.45, 7) is 4.70. The highest BCUT2D eigenvalue weighted by Gasteiger charge is 2.53. The van der Waals surface area contributed by atoms with Gasteiger partial charge in [-0.1, -0.05) is 105 Å². The number of ether oxygens (including phenoxy) is 1. The number of fused-ring (bicyclic) bond motifs is 14. The van der Waals surface area contributed by atoms with Gasteiger partial charge >= 0.3 is 0 Å². The van der Waals surface area contributed by atoms with Gasteiger partial charge < -0.3 is 4.74 Å². The van der Waals surface area contributed by atoms with Crippen molar-refractivity contribution in [1.82, 2.24) is 0 Å². The first-order valence-electron chi connectivity index (χ1n) is 12.7. The molecule has 0 atom stereocenters. The van der Waals surface area contributed by atoms with Crippen LogP contribution in [0.2, 0.25) is 0 Å². The predicted octanol–water partition coefficient (Wildman–Crippen LogP) is 8.35. The highest BCUT2D eigenvalue weighted by molar-refractivity contribution is 6.03. The standard InChI is InChI=1S/C35H26O/c1-34(2)29-18-19-30-33(32(29)25-17-16-21(36-3)20-31(25)34)24-12-6-9-15-28(24)35(30)26-13-7-4-10-22(26)23-11-5-8-14-27(23)35/h4-20H,1-3H3. The number of methoxy groups -OCH3 is 1. The van der Waals surface area contributed by atoms with E-state index in [1.807, 2.05) is 0 Å². The van der Waals surface area contributed by atoms with Crippen LogP contribution in [0, 0.1) is 0 Å². The molecule has 0 aliphatic heterocycles. The molecule has 0 fully saturated rings. The third kappa shape index (κ3) is 2.11. The molecule has 5 aromatic carbocycles. The van der Waals surface area contributed by atoms with Crippen molar-refractivity contribution in [1.29, 1.82) is 0 Å². The van der Waals surface area contributed by atoms with Crippen LogP contribution >= 0.6 is 0 Å². The van der Waals surface area contributed by atoms with E-state index in [1.54, 1.807) is 7.11 Å². The van der Waals surface area contributed by atoms with Gasteiger partial charge in [0.1, 0.15) is 5.75 Å². The maximum Gasteiger partial charge on any atom is 0.119 e. The van der Waals surface area contributed by atoms with Gasteiger partial charge in [0.05, 0.1) is 12.5 Å². The number of hydrogen-bond acceptors (Lipinski definition) is 1. The molecule has 0 radical (unpaired) electrons. The van der Waals surface area contributed by atoms with Crippen molar-refractivity contribution in [2.45, 2.75) is 24.7 Å². The van der Waals surface area contributed by atoms with Gasteiger partial charge in [-0.05, 0) is 78.9 Å². The highest BCUT2D eigenvalue weighted by Crippen LogP contribution is 2.66. The minimum Gasteiger partial charge on any atom is -0.497 e. The van der Waals surface area contributed by atoms with Gasteiger partial charge in [0.15, 0.2) is 0 Å². The van der Waals surface area contributed by atoms with Crippen molar-refractivity contribution >= 4 is 0 Å². The molecule has 5 aromatic rings. The first-order chi connectivity index (χ1) is 17.6. The van der Waals surface area contributed by atoms with Crippen LogP contribution in [-0.2, 0) is 10.8 Å². The summed E-state index contributed by atoms with van der Waals surface area (Å²) < 4.78 is 5.63. The Morgan fingerprint density at radius 2 is 0.972 bits per heavy atom. The maximum atomic E-state index is 5.63. The summed E-state index contributed by atoms with van der Waals surface area (Å²) in [4.78, 5) is 0. The molecule has 0 N–H and O–H groups in total. The van der Waals surface area contributed by atoms with E-state index in [0.717, 1.165) is 5.75 Å². The van der Waals surface area contributed by atoms with Crippen LogP contribution in [0.15, 0.2) is 103 Å². The normalized spacial score (nSPS) is 16.1. The average molecular weight is 463 g/mol. The van der Waals surface area contributed by atoms with Crippen LogP contribution in [0.5, 0.6) is 5.75 Å². The summed E-state index contributed by atoms with van der Waals surface area (Å²) in [6, 6.07) is 38.6.